The summed E-state index contributed by atoms with van der Waals surface area (Å²) in [4.78, 5) is 14.7. The molecule has 3 rings (SSSR count). The molecule has 1 heterocycles. The third kappa shape index (κ3) is 5.72. The minimum Gasteiger partial charge on any atom is -0.324 e. The first-order valence-electron chi connectivity index (χ1n) is 10.1. The number of carbonyl (C=O) groups is 1. The molecule has 3 aromatic rings. The van der Waals surface area contributed by atoms with E-state index in [1.54, 1.807) is 24.3 Å². The summed E-state index contributed by atoms with van der Waals surface area (Å²) < 4.78 is 2.09. The first kappa shape index (κ1) is 22.5. The van der Waals surface area contributed by atoms with Gasteiger partial charge in [-0.1, -0.05) is 61.2 Å². The molecular formula is C23H26N6OS. The first-order valence-corrected chi connectivity index (χ1v) is 11.1. The summed E-state index contributed by atoms with van der Waals surface area (Å²) in [6.45, 7) is 2.76. The van der Waals surface area contributed by atoms with Crippen LogP contribution in [-0.4, -0.2) is 45.4 Å². The molecule has 2 aromatic carbocycles. The number of benzene rings is 2. The number of para-hydroxylation sites is 1. The first-order chi connectivity index (χ1) is 15.0. The zero-order valence-corrected chi connectivity index (χ0v) is 18.8. The molecule has 160 valence electrons. The van der Waals surface area contributed by atoms with E-state index in [4.69, 9.17) is 0 Å². The fourth-order valence-corrected chi connectivity index (χ4v) is 4.10. The molecule has 1 unspecified atom stereocenters. The third-order valence-corrected chi connectivity index (χ3v) is 5.86. The smallest absolute Gasteiger partial charge is 0.234 e. The third-order valence-electron chi connectivity index (χ3n) is 4.89. The fourth-order valence-electron chi connectivity index (χ4n) is 3.35. The van der Waals surface area contributed by atoms with Crippen LogP contribution in [0.5, 0.6) is 0 Å². The Labute approximate surface area is 187 Å². The lowest BCUT2D eigenvalue weighted by Gasteiger charge is -2.23. The molecule has 8 heteroatoms. The fraction of sp³-hybridized carbons (Fsp3) is 0.304. The average Bonchev–Trinajstić information content (AvgIpc) is 3.15. The van der Waals surface area contributed by atoms with Crippen molar-refractivity contribution in [1.29, 1.82) is 5.26 Å². The number of rotatable bonds is 9. The molecule has 31 heavy (non-hydrogen) atoms. The lowest BCUT2D eigenvalue weighted by Crippen LogP contribution is -2.23. The summed E-state index contributed by atoms with van der Waals surface area (Å²) in [5.74, 6) is 0.864. The van der Waals surface area contributed by atoms with E-state index < -0.39 is 0 Å². The van der Waals surface area contributed by atoms with E-state index in [0.29, 0.717) is 23.0 Å². The van der Waals surface area contributed by atoms with Crippen molar-refractivity contribution in [3.05, 3.63) is 71.5 Å². The van der Waals surface area contributed by atoms with Gasteiger partial charge in [-0.25, -0.2) is 0 Å². The van der Waals surface area contributed by atoms with Gasteiger partial charge in [0, 0.05) is 0 Å². The van der Waals surface area contributed by atoms with Crippen molar-refractivity contribution < 1.29 is 4.79 Å². The van der Waals surface area contributed by atoms with Gasteiger partial charge in [-0.2, -0.15) is 5.26 Å². The molecule has 1 amide bonds. The molecule has 0 saturated carbocycles. The Hall–Kier alpha value is -3.15. The molecule has 0 fully saturated rings. The van der Waals surface area contributed by atoms with Gasteiger partial charge in [0.25, 0.3) is 0 Å². The molecule has 0 aliphatic carbocycles. The van der Waals surface area contributed by atoms with Gasteiger partial charge in [-0.3, -0.25) is 9.69 Å². The van der Waals surface area contributed by atoms with Crippen molar-refractivity contribution >= 4 is 23.4 Å². The highest BCUT2D eigenvalue weighted by Gasteiger charge is 2.22. The zero-order chi connectivity index (χ0) is 22.2. The normalized spacial score (nSPS) is 11.8. The Kier molecular flexibility index (Phi) is 7.82. The van der Waals surface area contributed by atoms with E-state index in [1.165, 1.54) is 11.8 Å². The SMILES string of the molecule is CCC(c1nnc(SCC(=O)Nc2ccccc2C#N)n1Cc1ccccc1)N(C)C. The van der Waals surface area contributed by atoms with Crippen LogP contribution < -0.4 is 5.32 Å². The van der Waals surface area contributed by atoms with Gasteiger partial charge in [0.15, 0.2) is 11.0 Å². The van der Waals surface area contributed by atoms with Crippen LogP contribution >= 0.6 is 11.8 Å². The average molecular weight is 435 g/mol. The maximum Gasteiger partial charge on any atom is 0.234 e. The van der Waals surface area contributed by atoms with Gasteiger partial charge in [-0.15, -0.1) is 10.2 Å². The van der Waals surface area contributed by atoms with Crippen molar-refractivity contribution in [1.82, 2.24) is 19.7 Å². The second-order valence-corrected chi connectivity index (χ2v) is 8.24. The summed E-state index contributed by atoms with van der Waals surface area (Å²) in [6, 6.07) is 19.3. The number of carbonyl (C=O) groups excluding carboxylic acids is 1. The highest BCUT2D eigenvalue weighted by Crippen LogP contribution is 2.26. The van der Waals surface area contributed by atoms with Crippen LogP contribution in [0, 0.1) is 11.3 Å². The lowest BCUT2D eigenvalue weighted by atomic mass is 10.2. The summed E-state index contributed by atoms with van der Waals surface area (Å²) in [6.07, 6.45) is 0.899. The van der Waals surface area contributed by atoms with Crippen LogP contribution in [0.1, 0.15) is 36.3 Å². The van der Waals surface area contributed by atoms with E-state index in [1.807, 2.05) is 32.3 Å². The summed E-state index contributed by atoms with van der Waals surface area (Å²) in [5.41, 5.74) is 2.10. The van der Waals surface area contributed by atoms with Gasteiger partial charge in [0.1, 0.15) is 6.07 Å². The Bertz CT molecular complexity index is 1060. The van der Waals surface area contributed by atoms with Gasteiger partial charge >= 0.3 is 0 Å². The lowest BCUT2D eigenvalue weighted by molar-refractivity contribution is -0.113. The molecule has 0 saturated heterocycles. The Balaban J connectivity index is 1.79. The van der Waals surface area contributed by atoms with E-state index in [9.17, 15) is 10.1 Å². The molecule has 0 spiro atoms. The number of amides is 1. The van der Waals surface area contributed by atoms with Crippen molar-refractivity contribution in [2.24, 2.45) is 0 Å². The van der Waals surface area contributed by atoms with E-state index in [0.717, 1.165) is 17.8 Å². The van der Waals surface area contributed by atoms with Crippen LogP contribution in [0.3, 0.4) is 0 Å². The number of anilines is 1. The molecule has 1 aromatic heterocycles. The number of thioether (sulfide) groups is 1. The van der Waals surface area contributed by atoms with Crippen molar-refractivity contribution in [3.63, 3.8) is 0 Å². The number of aromatic nitrogens is 3. The number of nitriles is 1. The second-order valence-electron chi connectivity index (χ2n) is 7.29. The Morgan fingerprint density at radius 3 is 2.55 bits per heavy atom. The topological polar surface area (TPSA) is 86.8 Å². The van der Waals surface area contributed by atoms with Crippen molar-refractivity contribution in [3.8, 4) is 6.07 Å². The quantitative estimate of drug-likeness (QED) is 0.513. The molecule has 0 aliphatic rings. The maximum atomic E-state index is 12.5. The predicted molar refractivity (Wildman–Crippen MR) is 123 cm³/mol. The number of nitrogens with zero attached hydrogens (tertiary/aromatic N) is 5. The van der Waals surface area contributed by atoms with Gasteiger partial charge < -0.3 is 9.88 Å². The van der Waals surface area contributed by atoms with Crippen molar-refractivity contribution in [2.45, 2.75) is 31.1 Å². The Morgan fingerprint density at radius 2 is 1.87 bits per heavy atom. The van der Waals surface area contributed by atoms with Crippen molar-refractivity contribution in [2.75, 3.05) is 25.2 Å². The highest BCUT2D eigenvalue weighted by atomic mass is 32.2. The van der Waals surface area contributed by atoms with Crippen LogP contribution in [0.15, 0.2) is 59.8 Å². The summed E-state index contributed by atoms with van der Waals surface area (Å²) in [5, 5.41) is 21.6. The van der Waals surface area contributed by atoms with Gasteiger partial charge in [0.2, 0.25) is 5.91 Å². The molecule has 0 radical (unpaired) electrons. The number of hydrogen-bond donors (Lipinski definition) is 1. The van der Waals surface area contributed by atoms with Crippen LogP contribution in [-0.2, 0) is 11.3 Å². The van der Waals surface area contributed by atoms with E-state index in [2.05, 4.69) is 50.1 Å². The second kappa shape index (κ2) is 10.8. The van der Waals surface area contributed by atoms with Crippen LogP contribution in [0.25, 0.3) is 0 Å². The predicted octanol–water partition coefficient (Wildman–Crippen LogP) is 3.94. The largest absolute Gasteiger partial charge is 0.324 e. The Morgan fingerprint density at radius 1 is 1.16 bits per heavy atom. The number of hydrogen-bond acceptors (Lipinski definition) is 6. The molecule has 1 N–H and O–H groups in total. The zero-order valence-electron chi connectivity index (χ0n) is 17.9. The molecule has 1 atom stereocenters. The highest BCUT2D eigenvalue weighted by molar-refractivity contribution is 7.99. The number of nitrogens with one attached hydrogen (secondary N) is 1. The monoisotopic (exact) mass is 434 g/mol. The van der Waals surface area contributed by atoms with E-state index >= 15 is 0 Å². The summed E-state index contributed by atoms with van der Waals surface area (Å²) in [7, 11) is 4.06. The van der Waals surface area contributed by atoms with Gasteiger partial charge in [-0.05, 0) is 38.2 Å². The van der Waals surface area contributed by atoms with E-state index in [-0.39, 0.29) is 17.7 Å². The van der Waals surface area contributed by atoms with Gasteiger partial charge in [0.05, 0.1) is 29.6 Å². The summed E-state index contributed by atoms with van der Waals surface area (Å²) >= 11 is 1.34. The minimum atomic E-state index is -0.192. The standard InChI is InChI=1S/C23H26N6OS/c1-4-20(28(2)3)22-26-27-23(29(22)15-17-10-6-5-7-11-17)31-16-21(30)25-19-13-9-8-12-18(19)14-24/h5-13,20H,4,15-16H2,1-3H3,(H,25,30). The van der Waals surface area contributed by atoms with Crippen LogP contribution in [0.2, 0.25) is 0 Å². The maximum absolute atomic E-state index is 12.5. The van der Waals surface area contributed by atoms with Crippen LogP contribution in [0.4, 0.5) is 5.69 Å². The molecule has 7 nitrogen and oxygen atoms in total. The molecular weight excluding hydrogens is 408 g/mol. The minimum absolute atomic E-state index is 0.127. The molecule has 0 bridgehead atoms. The molecule has 0 aliphatic heterocycles.